The van der Waals surface area contributed by atoms with Crippen LogP contribution in [0.1, 0.15) is 120 Å². The summed E-state index contributed by atoms with van der Waals surface area (Å²) in [6.45, 7) is 19.0. The van der Waals surface area contributed by atoms with Crippen LogP contribution >= 0.6 is 0 Å². The van der Waals surface area contributed by atoms with Gasteiger partial charge in [0.15, 0.2) is 18.9 Å². The van der Waals surface area contributed by atoms with Gasteiger partial charge in [-0.2, -0.15) is 0 Å². The fraction of sp³-hybridized carbons (Fsp3) is 0.836. The normalized spacial score (nSPS) is 51.1. The molecule has 7 fully saturated rings. The number of anilines is 1. The summed E-state index contributed by atoms with van der Waals surface area (Å²) in [6.07, 6.45) is -12.0. The van der Waals surface area contributed by atoms with Crippen molar-refractivity contribution in [3.8, 4) is 5.75 Å². The second-order valence-corrected chi connectivity index (χ2v) is 24.7. The molecule has 0 spiro atoms. The van der Waals surface area contributed by atoms with Crippen LogP contribution in [-0.2, 0) is 33.2 Å². The molecule has 1 amide bonds. The number of carbonyl (C=O) groups excluding carboxylic acids is 1. The average molecular weight is 1020 g/mol. The molecule has 5 aliphatic carbocycles. The molecule has 72 heavy (non-hydrogen) atoms. The number of aliphatic hydroxyl groups is 8. The molecule has 3 heterocycles. The first-order valence-corrected chi connectivity index (χ1v) is 26.8. The van der Waals surface area contributed by atoms with Crippen molar-refractivity contribution in [2.24, 2.45) is 56.7 Å². The molecular weight excluding hydrogens is 931 g/mol. The lowest BCUT2D eigenvalue weighted by atomic mass is 9.33. The van der Waals surface area contributed by atoms with Crippen molar-refractivity contribution in [3.63, 3.8) is 0 Å². The number of aliphatic hydroxyl groups excluding tert-OH is 8. The lowest BCUT2D eigenvalue weighted by Crippen LogP contribution is -2.68. The summed E-state index contributed by atoms with van der Waals surface area (Å²) in [4.78, 5) is 14.9. The molecule has 0 bridgehead atoms. The van der Waals surface area contributed by atoms with Crippen molar-refractivity contribution in [1.29, 1.82) is 0 Å². The molecule has 9 N–H and O–H groups in total. The number of para-hydroxylation sites is 2. The van der Waals surface area contributed by atoms with Crippen molar-refractivity contribution >= 4 is 11.6 Å². The van der Waals surface area contributed by atoms with Gasteiger partial charge in [0.05, 0.1) is 43.1 Å². The molecule has 17 nitrogen and oxygen atoms in total. The summed E-state index contributed by atoms with van der Waals surface area (Å²) in [7, 11) is 1.63. The minimum atomic E-state index is -1.74. The minimum absolute atomic E-state index is 0.0612. The number of hydrogen-bond donors (Lipinski definition) is 9. The third-order valence-corrected chi connectivity index (χ3v) is 21.0. The van der Waals surface area contributed by atoms with E-state index in [-0.39, 0.29) is 34.0 Å². The van der Waals surface area contributed by atoms with E-state index in [1.807, 2.05) is 24.3 Å². The maximum absolute atomic E-state index is 14.9. The number of fused-ring (bicyclic) bond motifs is 7. The second kappa shape index (κ2) is 19.9. The van der Waals surface area contributed by atoms with Gasteiger partial charge in [-0.05, 0) is 135 Å². The van der Waals surface area contributed by atoms with Gasteiger partial charge in [-0.25, -0.2) is 0 Å². The van der Waals surface area contributed by atoms with Crippen molar-refractivity contribution in [1.82, 2.24) is 0 Å². The van der Waals surface area contributed by atoms with E-state index in [4.69, 9.17) is 33.2 Å². The van der Waals surface area contributed by atoms with Gasteiger partial charge < -0.3 is 79.3 Å². The van der Waals surface area contributed by atoms with Gasteiger partial charge in [-0.3, -0.25) is 4.79 Å². The van der Waals surface area contributed by atoms with E-state index < -0.39 is 116 Å². The van der Waals surface area contributed by atoms with E-state index in [9.17, 15) is 45.6 Å². The van der Waals surface area contributed by atoms with Crippen molar-refractivity contribution in [3.05, 3.63) is 35.9 Å². The predicted octanol–water partition coefficient (Wildman–Crippen LogP) is 4.18. The first kappa shape index (κ1) is 54.5. The van der Waals surface area contributed by atoms with Crippen LogP contribution in [0.2, 0.25) is 0 Å². The summed E-state index contributed by atoms with van der Waals surface area (Å²) in [6, 6.07) is 7.65. The van der Waals surface area contributed by atoms with E-state index in [0.29, 0.717) is 35.6 Å². The van der Waals surface area contributed by atoms with E-state index in [1.54, 1.807) is 7.11 Å². The van der Waals surface area contributed by atoms with Gasteiger partial charge in [0, 0.05) is 0 Å². The van der Waals surface area contributed by atoms with Crippen molar-refractivity contribution < 1.29 is 78.8 Å². The number of amides is 1. The molecule has 9 rings (SSSR count). The fourth-order valence-corrected chi connectivity index (χ4v) is 16.3. The van der Waals surface area contributed by atoms with E-state index in [2.05, 4.69) is 59.9 Å². The third kappa shape index (κ3) is 8.54. The number of nitrogens with one attached hydrogen (secondary N) is 1. The van der Waals surface area contributed by atoms with Gasteiger partial charge in [-0.1, -0.05) is 72.2 Å². The van der Waals surface area contributed by atoms with Crippen LogP contribution in [0.25, 0.3) is 0 Å². The fourth-order valence-electron chi connectivity index (χ4n) is 16.3. The molecule has 3 saturated heterocycles. The third-order valence-electron chi connectivity index (χ3n) is 21.0. The Bertz CT molecular complexity index is 2140. The van der Waals surface area contributed by atoms with Crippen LogP contribution < -0.4 is 10.1 Å². The Morgan fingerprint density at radius 1 is 0.681 bits per heavy atom. The molecule has 3 aliphatic heterocycles. The monoisotopic (exact) mass is 1020 g/mol. The van der Waals surface area contributed by atoms with Crippen LogP contribution in [-0.4, -0.2) is 159 Å². The first-order valence-electron chi connectivity index (χ1n) is 26.8. The maximum Gasteiger partial charge on any atom is 0.231 e. The summed E-state index contributed by atoms with van der Waals surface area (Å²) in [5.41, 5.74) is 0.864. The molecule has 0 radical (unpaired) electrons. The highest BCUT2D eigenvalue weighted by molar-refractivity contribution is 5.97. The molecule has 0 unspecified atom stereocenters. The number of ether oxygens (including phenoxy) is 7. The van der Waals surface area contributed by atoms with Crippen LogP contribution in [0.4, 0.5) is 5.69 Å². The molecule has 406 valence electrons. The average Bonchev–Trinajstić information content (AvgIpc) is 3.34. The Labute approximate surface area is 424 Å². The number of carbonyl (C=O) groups is 1. The summed E-state index contributed by atoms with van der Waals surface area (Å²) in [5.74, 6) is 2.16. The van der Waals surface area contributed by atoms with Crippen LogP contribution in [0.5, 0.6) is 5.75 Å². The van der Waals surface area contributed by atoms with Crippen molar-refractivity contribution in [2.45, 2.75) is 218 Å². The zero-order chi connectivity index (χ0) is 52.2. The minimum Gasteiger partial charge on any atom is -0.495 e. The molecular formula is C55H85NO16. The standard InChI is InChI=1S/C55H85NO16/c1-26-17-22-55(50(65)56-31-13-11-12-14-32(31)66-10)24-23-53(8)30(37(55)27(26)2)15-16-35-52(7)20-19-36(51(5,6)34(52)18-21-54(35,53)9)70-49-46(72-48-43(63)41(61)39(59)29(4)68-48)44(64)45(33(25-57)69-49)71-47-42(62)40(60)38(58)28(3)67-47/h11-15,26-29,33-49,57-64H,16-25H2,1-10H3,(H,56,65)/t26-,27+,28+,29+,33-,34+,35-,36+,37+,38+,39+,40-,41-,42-,43-,44+,45-,46-,47+,48+,49+,52+,53-,54-,55+/m1/s1. The largest absolute Gasteiger partial charge is 0.495 e. The van der Waals surface area contributed by atoms with Crippen LogP contribution in [0, 0.1) is 56.7 Å². The Hall–Kier alpha value is -2.33. The summed E-state index contributed by atoms with van der Waals surface area (Å²) in [5, 5.41) is 90.5. The smallest absolute Gasteiger partial charge is 0.231 e. The first-order chi connectivity index (χ1) is 33.9. The Morgan fingerprint density at radius 2 is 1.31 bits per heavy atom. The quantitative estimate of drug-likeness (QED) is 0.118. The Morgan fingerprint density at radius 3 is 1.93 bits per heavy atom. The number of methoxy groups -OCH3 is 1. The van der Waals surface area contributed by atoms with E-state index >= 15 is 0 Å². The SMILES string of the molecule is COc1ccccc1NC(=O)[C@]12CC[C@@H](C)[C@H](C)[C@H]1C1=CC[C@@H]3[C@@]4(C)CC[C@H](O[C@@H]5O[C@H](CO)[C@@H](O[C@@H]6O[C@@H](C)[C@H](O)[C@@H](O)[C@H]6O)[C@H](O)[C@H]5O[C@@H]5O[C@@H](C)[C@H](O)[C@@H](O)[C@H]5O)C(C)(C)[C@@H]4CC[C@@]3(C)[C@]1(C)CC2. The zero-order valence-electron chi connectivity index (χ0n) is 43.9. The molecule has 1 aromatic carbocycles. The van der Waals surface area contributed by atoms with E-state index in [0.717, 1.165) is 51.4 Å². The molecule has 25 atom stereocenters. The van der Waals surface area contributed by atoms with Gasteiger partial charge in [-0.15, -0.1) is 0 Å². The topological polar surface area (TPSA) is 256 Å². The zero-order valence-corrected chi connectivity index (χ0v) is 43.9. The number of hydrogen-bond acceptors (Lipinski definition) is 16. The molecule has 4 saturated carbocycles. The predicted molar refractivity (Wildman–Crippen MR) is 262 cm³/mol. The highest BCUT2D eigenvalue weighted by atomic mass is 16.8. The van der Waals surface area contributed by atoms with Crippen LogP contribution in [0.3, 0.4) is 0 Å². The Kier molecular flexibility index (Phi) is 15.1. The highest BCUT2D eigenvalue weighted by Crippen LogP contribution is 2.76. The highest BCUT2D eigenvalue weighted by Gasteiger charge is 2.70. The molecule has 0 aromatic heterocycles. The molecule has 1 aromatic rings. The number of allylic oxidation sites excluding steroid dienone is 2. The maximum atomic E-state index is 14.9. The lowest BCUT2D eigenvalue weighted by Gasteiger charge is -2.71. The lowest BCUT2D eigenvalue weighted by molar-refractivity contribution is -0.393. The molecule has 17 heteroatoms. The number of benzene rings is 1. The number of rotatable bonds is 10. The van der Waals surface area contributed by atoms with Gasteiger partial charge >= 0.3 is 0 Å². The summed E-state index contributed by atoms with van der Waals surface area (Å²) >= 11 is 0. The van der Waals surface area contributed by atoms with Gasteiger partial charge in [0.25, 0.3) is 0 Å². The van der Waals surface area contributed by atoms with Gasteiger partial charge in [0.1, 0.15) is 66.8 Å². The van der Waals surface area contributed by atoms with Crippen molar-refractivity contribution in [2.75, 3.05) is 19.0 Å². The Balaban J connectivity index is 0.985. The van der Waals surface area contributed by atoms with E-state index in [1.165, 1.54) is 19.4 Å². The van der Waals surface area contributed by atoms with Crippen LogP contribution in [0.15, 0.2) is 35.9 Å². The summed E-state index contributed by atoms with van der Waals surface area (Å²) < 4.78 is 43.1. The van der Waals surface area contributed by atoms with Gasteiger partial charge in [0.2, 0.25) is 5.91 Å². The molecule has 8 aliphatic rings. The second-order valence-electron chi connectivity index (χ2n) is 24.7.